The molecule has 0 radical (unpaired) electrons. The highest BCUT2D eigenvalue weighted by atomic mass is 32.1. The summed E-state index contributed by atoms with van der Waals surface area (Å²) in [7, 11) is 0. The van der Waals surface area contributed by atoms with E-state index in [1.807, 2.05) is 35.6 Å². The highest BCUT2D eigenvalue weighted by Crippen LogP contribution is 2.26. The molecule has 1 fully saturated rings. The van der Waals surface area contributed by atoms with Crippen molar-refractivity contribution in [3.05, 3.63) is 57.8 Å². The number of morpholine rings is 1. The Morgan fingerprint density at radius 2 is 2.21 bits per heavy atom. The Morgan fingerprint density at radius 1 is 1.38 bits per heavy atom. The molecule has 1 aromatic heterocycles. The van der Waals surface area contributed by atoms with Crippen molar-refractivity contribution in [2.24, 2.45) is 0 Å². The average Bonchev–Trinajstić information content (AvgIpc) is 3.13. The highest BCUT2D eigenvalue weighted by molar-refractivity contribution is 7.10. The standard InChI is InChI=1S/C19H23N3OS/c1-15-14-22(8-9-23-15)18(19-3-2-10-24-19)13-21-12-17-6-4-16(11-20)5-7-17/h2-7,10,15,18,21H,8-9,12-14H2,1H3/t15-,18-/m0/s1. The summed E-state index contributed by atoms with van der Waals surface area (Å²) in [5.41, 5.74) is 1.91. The van der Waals surface area contributed by atoms with Crippen molar-refractivity contribution in [1.82, 2.24) is 10.2 Å². The Bertz CT molecular complexity index is 663. The predicted molar refractivity (Wildman–Crippen MR) is 96.9 cm³/mol. The highest BCUT2D eigenvalue weighted by Gasteiger charge is 2.25. The molecule has 0 saturated carbocycles. The Morgan fingerprint density at radius 3 is 2.88 bits per heavy atom. The van der Waals surface area contributed by atoms with Gasteiger partial charge in [0.2, 0.25) is 0 Å². The van der Waals surface area contributed by atoms with E-state index >= 15 is 0 Å². The first-order valence-corrected chi connectivity index (χ1v) is 9.23. The van der Waals surface area contributed by atoms with Gasteiger partial charge in [-0.15, -0.1) is 11.3 Å². The summed E-state index contributed by atoms with van der Waals surface area (Å²) in [5, 5.41) is 14.6. The summed E-state index contributed by atoms with van der Waals surface area (Å²) in [6.45, 7) is 6.62. The molecule has 1 saturated heterocycles. The first-order chi connectivity index (χ1) is 11.8. The van der Waals surface area contributed by atoms with E-state index in [4.69, 9.17) is 10.00 Å². The van der Waals surface area contributed by atoms with Gasteiger partial charge in [0, 0.05) is 31.1 Å². The number of rotatable bonds is 6. The summed E-state index contributed by atoms with van der Waals surface area (Å²) >= 11 is 1.82. The van der Waals surface area contributed by atoms with Crippen LogP contribution in [0.3, 0.4) is 0 Å². The van der Waals surface area contributed by atoms with Crippen molar-refractivity contribution >= 4 is 11.3 Å². The third kappa shape index (κ3) is 4.43. The SMILES string of the molecule is C[C@H]1CN([C@@H](CNCc2ccc(C#N)cc2)c2cccs2)CCO1. The van der Waals surface area contributed by atoms with Crippen LogP contribution in [0.5, 0.6) is 0 Å². The molecule has 0 aliphatic carbocycles. The van der Waals surface area contributed by atoms with Crippen molar-refractivity contribution in [3.8, 4) is 6.07 Å². The molecule has 2 aromatic rings. The number of benzene rings is 1. The molecule has 24 heavy (non-hydrogen) atoms. The monoisotopic (exact) mass is 341 g/mol. The summed E-state index contributed by atoms with van der Waals surface area (Å²) in [6.07, 6.45) is 0.291. The first-order valence-electron chi connectivity index (χ1n) is 8.35. The molecule has 2 atom stereocenters. The molecule has 3 rings (SSSR count). The molecule has 1 aliphatic rings. The van der Waals surface area contributed by atoms with E-state index in [0.717, 1.165) is 32.8 Å². The molecule has 0 unspecified atom stereocenters. The van der Waals surface area contributed by atoms with E-state index in [9.17, 15) is 0 Å². The van der Waals surface area contributed by atoms with E-state index in [2.05, 4.69) is 40.7 Å². The zero-order valence-electron chi connectivity index (χ0n) is 13.9. The normalized spacial score (nSPS) is 19.8. The molecule has 1 aliphatic heterocycles. The predicted octanol–water partition coefficient (Wildman–Crippen LogP) is 3.17. The molecule has 5 heteroatoms. The number of nitrogens with one attached hydrogen (secondary N) is 1. The minimum Gasteiger partial charge on any atom is -0.376 e. The van der Waals surface area contributed by atoms with Crippen molar-refractivity contribution < 1.29 is 4.74 Å². The van der Waals surface area contributed by atoms with Gasteiger partial charge in [-0.25, -0.2) is 0 Å². The molecule has 0 spiro atoms. The first kappa shape index (κ1) is 17.1. The van der Waals surface area contributed by atoms with Crippen LogP contribution in [0.1, 0.15) is 29.0 Å². The van der Waals surface area contributed by atoms with E-state index in [-0.39, 0.29) is 0 Å². The minimum atomic E-state index is 0.291. The number of hydrogen-bond donors (Lipinski definition) is 1. The van der Waals surface area contributed by atoms with Crippen LogP contribution in [0.2, 0.25) is 0 Å². The summed E-state index contributed by atoms with van der Waals surface area (Å²) in [5.74, 6) is 0. The fraction of sp³-hybridized carbons (Fsp3) is 0.421. The maximum absolute atomic E-state index is 8.87. The molecule has 0 bridgehead atoms. The zero-order chi connectivity index (χ0) is 16.8. The van der Waals surface area contributed by atoms with Crippen LogP contribution in [0.4, 0.5) is 0 Å². The van der Waals surface area contributed by atoms with Crippen molar-refractivity contribution in [2.75, 3.05) is 26.2 Å². The number of nitrogens with zero attached hydrogens (tertiary/aromatic N) is 2. The third-order valence-electron chi connectivity index (χ3n) is 4.33. The Balaban J connectivity index is 1.60. The molecular weight excluding hydrogens is 318 g/mol. The van der Waals surface area contributed by atoms with Gasteiger partial charge in [-0.3, -0.25) is 4.90 Å². The lowest BCUT2D eigenvalue weighted by molar-refractivity contribution is -0.0339. The van der Waals surface area contributed by atoms with Crippen molar-refractivity contribution in [1.29, 1.82) is 5.26 Å². The molecule has 1 aromatic carbocycles. The van der Waals surface area contributed by atoms with Crippen molar-refractivity contribution in [2.45, 2.75) is 25.6 Å². The number of thiophene rings is 1. The lowest BCUT2D eigenvalue weighted by Gasteiger charge is -2.37. The molecule has 0 amide bonds. The summed E-state index contributed by atoms with van der Waals surface area (Å²) < 4.78 is 5.69. The number of nitriles is 1. The maximum atomic E-state index is 8.87. The van der Waals surface area contributed by atoms with Gasteiger partial charge in [0.1, 0.15) is 0 Å². The Kier molecular flexibility index (Phi) is 6.00. The fourth-order valence-electron chi connectivity index (χ4n) is 3.07. The van der Waals surface area contributed by atoms with Crippen LogP contribution in [0.25, 0.3) is 0 Å². The fourth-order valence-corrected chi connectivity index (χ4v) is 3.93. The average molecular weight is 341 g/mol. The van der Waals surface area contributed by atoms with Gasteiger partial charge in [-0.2, -0.15) is 5.26 Å². The van der Waals surface area contributed by atoms with Gasteiger partial charge in [-0.05, 0) is 36.1 Å². The summed E-state index contributed by atoms with van der Waals surface area (Å²) in [6, 6.07) is 14.7. The molecule has 1 N–H and O–H groups in total. The molecular formula is C19H23N3OS. The van der Waals surface area contributed by atoms with Crippen LogP contribution in [-0.4, -0.2) is 37.2 Å². The number of ether oxygens (including phenoxy) is 1. The van der Waals surface area contributed by atoms with Gasteiger partial charge in [0.25, 0.3) is 0 Å². The largest absolute Gasteiger partial charge is 0.376 e. The minimum absolute atomic E-state index is 0.291. The van der Waals surface area contributed by atoms with Gasteiger partial charge in [-0.1, -0.05) is 18.2 Å². The van der Waals surface area contributed by atoms with Crippen LogP contribution in [-0.2, 0) is 11.3 Å². The van der Waals surface area contributed by atoms with E-state index in [0.29, 0.717) is 17.7 Å². The number of hydrogen-bond acceptors (Lipinski definition) is 5. The zero-order valence-corrected chi connectivity index (χ0v) is 14.8. The van der Waals surface area contributed by atoms with Crippen LogP contribution >= 0.6 is 11.3 Å². The maximum Gasteiger partial charge on any atom is 0.0991 e. The summed E-state index contributed by atoms with van der Waals surface area (Å²) in [4.78, 5) is 3.92. The van der Waals surface area contributed by atoms with Crippen LogP contribution in [0, 0.1) is 11.3 Å². The topological polar surface area (TPSA) is 48.3 Å². The van der Waals surface area contributed by atoms with Crippen LogP contribution < -0.4 is 5.32 Å². The third-order valence-corrected chi connectivity index (χ3v) is 5.31. The van der Waals surface area contributed by atoms with Gasteiger partial charge < -0.3 is 10.1 Å². The van der Waals surface area contributed by atoms with E-state index in [1.54, 1.807) is 0 Å². The second-order valence-electron chi connectivity index (χ2n) is 6.15. The molecule has 2 heterocycles. The Labute approximate surface area is 147 Å². The quantitative estimate of drug-likeness (QED) is 0.877. The molecule has 4 nitrogen and oxygen atoms in total. The second-order valence-corrected chi connectivity index (χ2v) is 7.13. The van der Waals surface area contributed by atoms with Crippen LogP contribution in [0.15, 0.2) is 41.8 Å². The Hall–Kier alpha value is -1.71. The second kappa shape index (κ2) is 8.41. The van der Waals surface area contributed by atoms with Gasteiger partial charge >= 0.3 is 0 Å². The van der Waals surface area contributed by atoms with Gasteiger partial charge in [0.05, 0.1) is 30.4 Å². The lowest BCUT2D eigenvalue weighted by Crippen LogP contribution is -2.45. The molecule has 126 valence electrons. The van der Waals surface area contributed by atoms with E-state index < -0.39 is 0 Å². The van der Waals surface area contributed by atoms with Crippen molar-refractivity contribution in [3.63, 3.8) is 0 Å². The lowest BCUT2D eigenvalue weighted by atomic mass is 10.1. The van der Waals surface area contributed by atoms with E-state index in [1.165, 1.54) is 10.4 Å². The van der Waals surface area contributed by atoms with Gasteiger partial charge in [0.15, 0.2) is 0 Å². The smallest absolute Gasteiger partial charge is 0.0991 e.